The van der Waals surface area contributed by atoms with E-state index in [1.807, 2.05) is 49.5 Å². The molecule has 0 spiro atoms. The maximum Gasteiger partial charge on any atom is 0.256 e. The first-order chi connectivity index (χ1) is 14.6. The first kappa shape index (κ1) is 19.8. The second kappa shape index (κ2) is 8.45. The number of aryl methyl sites for hydroxylation is 3. The molecule has 3 heterocycles. The topological polar surface area (TPSA) is 72.2 Å². The summed E-state index contributed by atoms with van der Waals surface area (Å²) in [6.07, 6.45) is 8.32. The molecule has 4 aromatic rings. The maximum absolute atomic E-state index is 12.7. The summed E-state index contributed by atoms with van der Waals surface area (Å²) >= 11 is 0. The Hall–Kier alpha value is -3.54. The minimum atomic E-state index is -0.176. The van der Waals surface area contributed by atoms with Crippen LogP contribution in [0.4, 0.5) is 5.82 Å². The van der Waals surface area contributed by atoms with E-state index in [9.17, 15) is 4.79 Å². The van der Waals surface area contributed by atoms with Gasteiger partial charge in [-0.1, -0.05) is 32.4 Å². The Morgan fingerprint density at radius 2 is 1.87 bits per heavy atom. The number of hydrogen-bond acceptors (Lipinski definition) is 4. The molecule has 4 rings (SSSR count). The van der Waals surface area contributed by atoms with E-state index in [0.717, 1.165) is 47.6 Å². The van der Waals surface area contributed by atoms with Gasteiger partial charge in [-0.3, -0.25) is 14.2 Å². The van der Waals surface area contributed by atoms with Crippen molar-refractivity contribution in [3.63, 3.8) is 0 Å². The number of imidazole rings is 1. The second-order valence-electron chi connectivity index (χ2n) is 7.29. The number of nitrogens with zero attached hydrogens (tertiary/aromatic N) is 4. The van der Waals surface area contributed by atoms with Crippen LogP contribution in [0.2, 0.25) is 0 Å². The molecule has 6 nitrogen and oxygen atoms in total. The Morgan fingerprint density at radius 3 is 2.60 bits per heavy atom. The number of rotatable bonds is 6. The van der Waals surface area contributed by atoms with E-state index in [-0.39, 0.29) is 5.91 Å². The summed E-state index contributed by atoms with van der Waals surface area (Å²) in [5, 5.41) is 2.89. The number of anilines is 1. The van der Waals surface area contributed by atoms with Gasteiger partial charge in [-0.2, -0.15) is 0 Å². The van der Waals surface area contributed by atoms with Crippen molar-refractivity contribution in [2.45, 2.75) is 40.0 Å². The lowest BCUT2D eigenvalue weighted by Crippen LogP contribution is -2.13. The van der Waals surface area contributed by atoms with Gasteiger partial charge in [0.25, 0.3) is 5.91 Å². The molecule has 0 saturated heterocycles. The fourth-order valence-corrected chi connectivity index (χ4v) is 3.66. The molecule has 0 aliphatic rings. The van der Waals surface area contributed by atoms with Gasteiger partial charge < -0.3 is 5.32 Å². The lowest BCUT2D eigenvalue weighted by Gasteiger charge is -2.07. The van der Waals surface area contributed by atoms with E-state index in [2.05, 4.69) is 33.5 Å². The van der Waals surface area contributed by atoms with Crippen molar-refractivity contribution in [1.29, 1.82) is 0 Å². The van der Waals surface area contributed by atoms with Crippen LogP contribution in [0.5, 0.6) is 0 Å². The lowest BCUT2D eigenvalue weighted by atomic mass is 10.1. The molecule has 0 bridgehead atoms. The fraction of sp³-hybridized carbons (Fsp3) is 0.250. The van der Waals surface area contributed by atoms with Gasteiger partial charge in [0.2, 0.25) is 0 Å². The summed E-state index contributed by atoms with van der Waals surface area (Å²) in [6.45, 7) is 6.21. The number of amides is 1. The Bertz CT molecular complexity index is 1190. The number of carbonyl (C=O) groups is 1. The zero-order chi connectivity index (χ0) is 21.1. The highest BCUT2D eigenvalue weighted by atomic mass is 16.1. The first-order valence-corrected chi connectivity index (χ1v) is 10.3. The van der Waals surface area contributed by atoms with Gasteiger partial charge >= 0.3 is 0 Å². The molecule has 6 heteroatoms. The summed E-state index contributed by atoms with van der Waals surface area (Å²) in [7, 11) is 0. The third-order valence-electron chi connectivity index (χ3n) is 5.15. The van der Waals surface area contributed by atoms with Crippen LogP contribution >= 0.6 is 0 Å². The Balaban J connectivity index is 1.60. The number of fused-ring (bicyclic) bond motifs is 1. The number of nitrogens with one attached hydrogen (secondary N) is 1. The van der Waals surface area contributed by atoms with Crippen molar-refractivity contribution in [1.82, 2.24) is 19.4 Å². The molecule has 1 N–H and O–H groups in total. The van der Waals surface area contributed by atoms with Crippen LogP contribution in [0.25, 0.3) is 16.8 Å². The highest BCUT2D eigenvalue weighted by Gasteiger charge is 2.15. The van der Waals surface area contributed by atoms with Gasteiger partial charge in [0.05, 0.1) is 16.9 Å². The van der Waals surface area contributed by atoms with Crippen molar-refractivity contribution < 1.29 is 4.79 Å². The molecule has 0 fully saturated rings. The number of benzene rings is 1. The van der Waals surface area contributed by atoms with Crippen LogP contribution < -0.4 is 5.32 Å². The zero-order valence-electron chi connectivity index (χ0n) is 17.5. The second-order valence-corrected chi connectivity index (χ2v) is 7.29. The number of carbonyl (C=O) groups excluding carboxylic acids is 1. The quantitative estimate of drug-likeness (QED) is 0.502. The largest absolute Gasteiger partial charge is 0.307 e. The molecule has 152 valence electrons. The molecule has 0 atom stereocenters. The molecule has 1 aromatic carbocycles. The predicted molar refractivity (Wildman–Crippen MR) is 119 cm³/mol. The summed E-state index contributed by atoms with van der Waals surface area (Å²) in [5.74, 6) is 1.39. The minimum absolute atomic E-state index is 0.176. The molecule has 3 aromatic heterocycles. The minimum Gasteiger partial charge on any atom is -0.307 e. The lowest BCUT2D eigenvalue weighted by molar-refractivity contribution is 0.102. The monoisotopic (exact) mass is 399 g/mol. The molecule has 0 aliphatic heterocycles. The predicted octanol–water partition coefficient (Wildman–Crippen LogP) is 4.87. The van der Waals surface area contributed by atoms with E-state index in [4.69, 9.17) is 4.98 Å². The summed E-state index contributed by atoms with van der Waals surface area (Å²) in [4.78, 5) is 26.2. The molecule has 0 aliphatic carbocycles. The van der Waals surface area contributed by atoms with Crippen molar-refractivity contribution >= 4 is 17.2 Å². The molecule has 0 saturated carbocycles. The Labute approximate surface area is 176 Å². The van der Waals surface area contributed by atoms with Crippen LogP contribution in [0, 0.1) is 6.92 Å². The summed E-state index contributed by atoms with van der Waals surface area (Å²) < 4.78 is 2.09. The smallest absolute Gasteiger partial charge is 0.256 e. The van der Waals surface area contributed by atoms with Gasteiger partial charge in [0, 0.05) is 36.1 Å². The van der Waals surface area contributed by atoms with Crippen LogP contribution in [-0.4, -0.2) is 25.3 Å². The summed E-state index contributed by atoms with van der Waals surface area (Å²) in [5.41, 5.74) is 5.53. The summed E-state index contributed by atoms with van der Waals surface area (Å²) in [6, 6.07) is 11.4. The standard InChI is InChI=1S/C24H25N5O/c1-4-6-17-11-12-26-20(15-17)27-24(30)19-9-7-18(8-10-19)22-23-16(3)25-13-14-29(23)21(5-2)28-22/h7-15H,4-6H2,1-3H3,(H,26,27,30). The number of pyridine rings is 1. The fourth-order valence-electron chi connectivity index (χ4n) is 3.66. The van der Waals surface area contributed by atoms with Gasteiger partial charge in [-0.25, -0.2) is 9.97 Å². The van der Waals surface area contributed by atoms with Crippen molar-refractivity contribution in [3.8, 4) is 11.3 Å². The SMILES string of the molecule is CCCc1ccnc(NC(=O)c2ccc(-c3nc(CC)n4ccnc(C)c34)cc2)c1. The third-order valence-corrected chi connectivity index (χ3v) is 5.15. The number of hydrogen-bond donors (Lipinski definition) is 1. The van der Waals surface area contributed by atoms with Crippen molar-refractivity contribution in [2.75, 3.05) is 5.32 Å². The highest BCUT2D eigenvalue weighted by molar-refractivity contribution is 6.04. The van der Waals surface area contributed by atoms with Gasteiger partial charge in [0.1, 0.15) is 11.6 Å². The normalized spacial score (nSPS) is 11.0. The molecular weight excluding hydrogens is 374 g/mol. The van der Waals surface area contributed by atoms with Crippen LogP contribution in [0.15, 0.2) is 55.0 Å². The van der Waals surface area contributed by atoms with Gasteiger partial charge in [-0.15, -0.1) is 0 Å². The molecular formula is C24H25N5O. The van der Waals surface area contributed by atoms with E-state index < -0.39 is 0 Å². The average Bonchev–Trinajstić information content (AvgIpc) is 3.14. The van der Waals surface area contributed by atoms with E-state index in [1.165, 1.54) is 5.56 Å². The zero-order valence-corrected chi connectivity index (χ0v) is 17.5. The van der Waals surface area contributed by atoms with Crippen molar-refractivity contribution in [2.24, 2.45) is 0 Å². The van der Waals surface area contributed by atoms with Gasteiger partial charge in [-0.05, 0) is 43.2 Å². The maximum atomic E-state index is 12.7. The van der Waals surface area contributed by atoms with Crippen molar-refractivity contribution in [3.05, 3.63) is 77.6 Å². The van der Waals surface area contributed by atoms with Crippen LogP contribution in [-0.2, 0) is 12.8 Å². The molecule has 1 amide bonds. The van der Waals surface area contributed by atoms with E-state index in [1.54, 1.807) is 12.4 Å². The molecule has 30 heavy (non-hydrogen) atoms. The Morgan fingerprint density at radius 1 is 1.07 bits per heavy atom. The third kappa shape index (κ3) is 3.81. The Kier molecular flexibility index (Phi) is 5.57. The molecule has 0 unspecified atom stereocenters. The van der Waals surface area contributed by atoms with Crippen LogP contribution in [0.1, 0.15) is 47.7 Å². The average molecular weight is 399 g/mol. The molecule has 0 radical (unpaired) electrons. The van der Waals surface area contributed by atoms with Gasteiger partial charge in [0.15, 0.2) is 0 Å². The van der Waals surface area contributed by atoms with E-state index >= 15 is 0 Å². The highest BCUT2D eigenvalue weighted by Crippen LogP contribution is 2.27. The van der Waals surface area contributed by atoms with Crippen LogP contribution in [0.3, 0.4) is 0 Å². The first-order valence-electron chi connectivity index (χ1n) is 10.3. The van der Waals surface area contributed by atoms with E-state index in [0.29, 0.717) is 11.4 Å². The number of aromatic nitrogens is 4.